The fourth-order valence-corrected chi connectivity index (χ4v) is 3.78. The highest BCUT2D eigenvalue weighted by molar-refractivity contribution is 6.14. The highest BCUT2D eigenvalue weighted by Crippen LogP contribution is 2.39. The third-order valence-electron chi connectivity index (χ3n) is 5.52. The van der Waals surface area contributed by atoms with Crippen LogP contribution >= 0.6 is 0 Å². The van der Waals surface area contributed by atoms with Gasteiger partial charge in [-0.1, -0.05) is 30.3 Å². The molecule has 0 aromatic heterocycles. The number of ketones is 1. The smallest absolute Gasteiger partial charge is 0.352 e. The van der Waals surface area contributed by atoms with E-state index in [0.717, 1.165) is 0 Å². The minimum Gasteiger partial charge on any atom is -0.496 e. The molecule has 3 aromatic rings. The minimum absolute atomic E-state index is 0.109. The van der Waals surface area contributed by atoms with Gasteiger partial charge >= 0.3 is 5.97 Å². The summed E-state index contributed by atoms with van der Waals surface area (Å²) in [6.07, 6.45) is 0.613. The molecule has 3 aromatic carbocycles. The molecular formula is C28H26O8. The van der Waals surface area contributed by atoms with Gasteiger partial charge in [-0.3, -0.25) is 4.79 Å². The lowest BCUT2D eigenvalue weighted by molar-refractivity contribution is -0.151. The molecule has 8 nitrogen and oxygen atoms in total. The third kappa shape index (κ3) is 4.98. The van der Waals surface area contributed by atoms with Crippen LogP contribution < -0.4 is 23.7 Å². The van der Waals surface area contributed by atoms with Crippen LogP contribution in [0.3, 0.4) is 0 Å². The van der Waals surface area contributed by atoms with Crippen LogP contribution in [-0.4, -0.2) is 39.7 Å². The van der Waals surface area contributed by atoms with Gasteiger partial charge in [0.1, 0.15) is 17.2 Å². The quantitative estimate of drug-likeness (QED) is 0.305. The fourth-order valence-electron chi connectivity index (χ4n) is 3.78. The Balaban J connectivity index is 1.63. The van der Waals surface area contributed by atoms with E-state index in [4.69, 9.17) is 28.4 Å². The van der Waals surface area contributed by atoms with E-state index in [1.54, 1.807) is 55.5 Å². The molecule has 1 heterocycles. The number of fused-ring (bicyclic) bond motifs is 1. The predicted octanol–water partition coefficient (Wildman–Crippen LogP) is 5.01. The lowest BCUT2D eigenvalue weighted by Crippen LogP contribution is -2.21. The Labute approximate surface area is 209 Å². The molecule has 186 valence electrons. The summed E-state index contributed by atoms with van der Waals surface area (Å²) in [5, 5.41) is 0. The monoisotopic (exact) mass is 490 g/mol. The molecule has 0 fully saturated rings. The summed E-state index contributed by atoms with van der Waals surface area (Å²) in [7, 11) is 4.57. The van der Waals surface area contributed by atoms with E-state index in [-0.39, 0.29) is 18.1 Å². The molecule has 0 amide bonds. The Morgan fingerprint density at radius 1 is 0.917 bits per heavy atom. The number of hydrogen-bond acceptors (Lipinski definition) is 8. The van der Waals surface area contributed by atoms with Crippen molar-refractivity contribution in [3.05, 3.63) is 83.1 Å². The number of carbonyl (C=O) groups is 2. The molecule has 0 bridgehead atoms. The first-order chi connectivity index (χ1) is 17.5. The molecule has 0 unspecified atom stereocenters. The Morgan fingerprint density at radius 3 is 2.28 bits per heavy atom. The van der Waals surface area contributed by atoms with Crippen molar-refractivity contribution in [1.82, 2.24) is 0 Å². The number of benzene rings is 3. The molecule has 0 saturated heterocycles. The second-order valence-electron chi connectivity index (χ2n) is 7.71. The van der Waals surface area contributed by atoms with Gasteiger partial charge in [0.15, 0.2) is 17.3 Å². The van der Waals surface area contributed by atoms with Crippen LogP contribution in [0.4, 0.5) is 0 Å². The Morgan fingerprint density at radius 2 is 1.61 bits per heavy atom. The van der Waals surface area contributed by atoms with E-state index in [1.807, 2.05) is 18.2 Å². The zero-order valence-electron chi connectivity index (χ0n) is 20.4. The average Bonchev–Trinajstić information content (AvgIpc) is 3.21. The average molecular weight is 491 g/mol. The van der Waals surface area contributed by atoms with Crippen molar-refractivity contribution in [2.45, 2.75) is 13.0 Å². The van der Waals surface area contributed by atoms with Crippen molar-refractivity contribution < 1.29 is 38.0 Å². The number of rotatable bonds is 9. The largest absolute Gasteiger partial charge is 0.496 e. The van der Waals surface area contributed by atoms with Crippen LogP contribution in [-0.2, 0) is 9.53 Å². The first kappa shape index (κ1) is 24.7. The summed E-state index contributed by atoms with van der Waals surface area (Å²) in [5.41, 5.74) is 1.60. The van der Waals surface area contributed by atoms with Gasteiger partial charge in [0.05, 0.1) is 33.5 Å². The van der Waals surface area contributed by atoms with E-state index in [9.17, 15) is 9.59 Å². The lowest BCUT2D eigenvalue weighted by Gasteiger charge is -2.18. The number of Topliss-reactive ketones (excluding diaryl/α,β-unsaturated/α-hetero) is 1. The molecule has 0 radical (unpaired) electrons. The molecule has 0 spiro atoms. The molecule has 1 aliphatic rings. The molecular weight excluding hydrogens is 464 g/mol. The van der Waals surface area contributed by atoms with Gasteiger partial charge in [-0.25, -0.2) is 4.79 Å². The Kier molecular flexibility index (Phi) is 7.44. The summed E-state index contributed by atoms with van der Waals surface area (Å²) in [6.45, 7) is 1.96. The topological polar surface area (TPSA) is 89.5 Å². The molecule has 0 N–H and O–H groups in total. The van der Waals surface area contributed by atoms with Crippen LogP contribution in [0.1, 0.15) is 34.5 Å². The minimum atomic E-state index is -0.965. The van der Waals surface area contributed by atoms with Gasteiger partial charge in [0.2, 0.25) is 11.9 Å². The zero-order valence-corrected chi connectivity index (χ0v) is 20.4. The summed E-state index contributed by atoms with van der Waals surface area (Å²) >= 11 is 0. The van der Waals surface area contributed by atoms with Crippen LogP contribution in [0.2, 0.25) is 0 Å². The van der Waals surface area contributed by atoms with Gasteiger partial charge < -0.3 is 28.4 Å². The number of esters is 1. The van der Waals surface area contributed by atoms with Crippen LogP contribution in [0, 0.1) is 0 Å². The molecule has 1 aliphatic heterocycles. The first-order valence-corrected chi connectivity index (χ1v) is 11.3. The maximum Gasteiger partial charge on any atom is 0.352 e. The molecule has 36 heavy (non-hydrogen) atoms. The van der Waals surface area contributed by atoms with Crippen molar-refractivity contribution >= 4 is 17.8 Å². The first-order valence-electron chi connectivity index (χ1n) is 11.3. The van der Waals surface area contributed by atoms with Crippen LogP contribution in [0.25, 0.3) is 6.08 Å². The highest BCUT2D eigenvalue weighted by Gasteiger charge is 2.30. The molecule has 0 aliphatic carbocycles. The number of methoxy groups -OCH3 is 3. The number of carbonyl (C=O) groups excluding carboxylic acids is 2. The van der Waals surface area contributed by atoms with E-state index in [2.05, 4.69) is 0 Å². The lowest BCUT2D eigenvalue weighted by atomic mass is 10.1. The van der Waals surface area contributed by atoms with Crippen molar-refractivity contribution in [2.75, 3.05) is 27.9 Å². The SMILES string of the molecule is CCOC(=O)[C@@H](Oc1ccc2c(c1)O/C(=C\c1cc(OC)c(OC)cc1OC)C2=O)c1ccccc1. The predicted molar refractivity (Wildman–Crippen MR) is 132 cm³/mol. The van der Waals surface area contributed by atoms with E-state index in [0.29, 0.717) is 45.4 Å². The van der Waals surface area contributed by atoms with Gasteiger partial charge in [-0.05, 0) is 31.2 Å². The fraction of sp³-hybridized carbons (Fsp3) is 0.214. The van der Waals surface area contributed by atoms with Crippen LogP contribution in [0.15, 0.2) is 66.4 Å². The van der Waals surface area contributed by atoms with Crippen molar-refractivity contribution in [3.8, 4) is 28.7 Å². The Bertz CT molecular complexity index is 1300. The van der Waals surface area contributed by atoms with E-state index >= 15 is 0 Å². The summed E-state index contributed by atoms with van der Waals surface area (Å²) in [6, 6.07) is 17.2. The highest BCUT2D eigenvalue weighted by atomic mass is 16.6. The van der Waals surface area contributed by atoms with Crippen LogP contribution in [0.5, 0.6) is 28.7 Å². The van der Waals surface area contributed by atoms with Crippen molar-refractivity contribution in [3.63, 3.8) is 0 Å². The normalized spacial score (nSPS) is 14.0. The number of allylic oxidation sites excluding steroid dienone is 1. The number of ether oxygens (including phenoxy) is 6. The van der Waals surface area contributed by atoms with E-state index in [1.165, 1.54) is 21.3 Å². The molecule has 1 atom stereocenters. The third-order valence-corrected chi connectivity index (χ3v) is 5.52. The summed E-state index contributed by atoms with van der Waals surface area (Å²) in [5.74, 6) is 1.44. The summed E-state index contributed by atoms with van der Waals surface area (Å²) in [4.78, 5) is 25.6. The molecule has 4 rings (SSSR count). The standard InChI is InChI=1S/C28H26O8/c1-5-34-28(30)27(17-9-7-6-8-10-17)35-19-11-12-20-22(15-19)36-25(26(20)29)14-18-13-23(32-3)24(33-4)16-21(18)31-2/h6-16,27H,5H2,1-4H3/b25-14-/t27-/m0/s1. The Hall–Kier alpha value is -4.46. The van der Waals surface area contributed by atoms with Gasteiger partial charge in [-0.15, -0.1) is 0 Å². The zero-order chi connectivity index (χ0) is 25.7. The second-order valence-corrected chi connectivity index (χ2v) is 7.71. The number of hydrogen-bond donors (Lipinski definition) is 0. The van der Waals surface area contributed by atoms with Crippen molar-refractivity contribution in [1.29, 1.82) is 0 Å². The maximum atomic E-state index is 13.0. The second kappa shape index (κ2) is 10.9. The van der Waals surface area contributed by atoms with E-state index < -0.39 is 12.1 Å². The van der Waals surface area contributed by atoms with Gasteiger partial charge in [0, 0.05) is 23.3 Å². The van der Waals surface area contributed by atoms with Gasteiger partial charge in [0.25, 0.3) is 0 Å². The molecule has 0 saturated carbocycles. The molecule has 8 heteroatoms. The maximum absolute atomic E-state index is 13.0. The van der Waals surface area contributed by atoms with Gasteiger partial charge in [-0.2, -0.15) is 0 Å². The summed E-state index contributed by atoms with van der Waals surface area (Å²) < 4.78 is 33.2. The van der Waals surface area contributed by atoms with Crippen molar-refractivity contribution in [2.24, 2.45) is 0 Å².